The Bertz CT molecular complexity index is 478. The SMILES string of the molecule is CC1(C(=O)O)CCN(C(=O)NCCCNS(C)(=O)=O)C1. The molecule has 9 heteroatoms. The number of carboxylic acid groups (broad SMARTS) is 1. The monoisotopic (exact) mass is 307 g/mol. The standard InChI is InChI=1S/C11H21N3O5S/c1-11(9(15)16)4-7-14(8-11)10(17)12-5-3-6-13-20(2,18)19/h13H,3-8H2,1-2H3,(H,12,17)(H,15,16). The molecule has 1 aliphatic rings. The summed E-state index contributed by atoms with van der Waals surface area (Å²) in [5.41, 5.74) is -0.880. The van der Waals surface area contributed by atoms with Crippen molar-refractivity contribution < 1.29 is 23.1 Å². The molecular formula is C11H21N3O5S. The maximum Gasteiger partial charge on any atom is 0.317 e. The van der Waals surface area contributed by atoms with Crippen LogP contribution in [0.4, 0.5) is 4.79 Å². The van der Waals surface area contributed by atoms with E-state index in [1.165, 1.54) is 4.90 Å². The normalized spacial score (nSPS) is 22.8. The predicted octanol–water partition coefficient (Wildman–Crippen LogP) is -0.568. The second-order valence-corrected chi connectivity index (χ2v) is 7.12. The van der Waals surface area contributed by atoms with E-state index in [0.29, 0.717) is 25.9 Å². The van der Waals surface area contributed by atoms with E-state index in [4.69, 9.17) is 5.11 Å². The van der Waals surface area contributed by atoms with Gasteiger partial charge in [0.25, 0.3) is 0 Å². The summed E-state index contributed by atoms with van der Waals surface area (Å²) >= 11 is 0. The molecule has 20 heavy (non-hydrogen) atoms. The van der Waals surface area contributed by atoms with Gasteiger partial charge in [0, 0.05) is 26.2 Å². The summed E-state index contributed by atoms with van der Waals surface area (Å²) in [5, 5.41) is 11.7. The number of nitrogens with zero attached hydrogens (tertiary/aromatic N) is 1. The Morgan fingerprint density at radius 2 is 2.00 bits per heavy atom. The maximum absolute atomic E-state index is 11.8. The van der Waals surface area contributed by atoms with Crippen LogP contribution in [0.3, 0.4) is 0 Å². The van der Waals surface area contributed by atoms with E-state index in [9.17, 15) is 18.0 Å². The molecule has 1 rings (SSSR count). The molecule has 0 saturated carbocycles. The van der Waals surface area contributed by atoms with E-state index in [1.807, 2.05) is 0 Å². The molecule has 0 bridgehead atoms. The first-order chi connectivity index (χ1) is 9.14. The van der Waals surface area contributed by atoms with Crippen molar-refractivity contribution >= 4 is 22.0 Å². The predicted molar refractivity (Wildman–Crippen MR) is 72.8 cm³/mol. The molecule has 1 heterocycles. The van der Waals surface area contributed by atoms with Crippen LogP contribution >= 0.6 is 0 Å². The number of rotatable bonds is 6. The van der Waals surface area contributed by atoms with Crippen LogP contribution in [0.1, 0.15) is 19.8 Å². The van der Waals surface area contributed by atoms with Crippen molar-refractivity contribution in [1.82, 2.24) is 14.9 Å². The van der Waals surface area contributed by atoms with Crippen molar-refractivity contribution in [3.8, 4) is 0 Å². The van der Waals surface area contributed by atoms with E-state index in [2.05, 4.69) is 10.0 Å². The van der Waals surface area contributed by atoms with Crippen LogP contribution in [0.25, 0.3) is 0 Å². The van der Waals surface area contributed by atoms with E-state index < -0.39 is 21.4 Å². The van der Waals surface area contributed by atoms with Gasteiger partial charge in [0.1, 0.15) is 0 Å². The lowest BCUT2D eigenvalue weighted by Gasteiger charge is -2.20. The van der Waals surface area contributed by atoms with E-state index in [-0.39, 0.29) is 19.1 Å². The Balaban J connectivity index is 2.26. The highest BCUT2D eigenvalue weighted by molar-refractivity contribution is 7.88. The van der Waals surface area contributed by atoms with E-state index in [0.717, 1.165) is 6.26 Å². The van der Waals surface area contributed by atoms with Gasteiger partial charge in [-0.1, -0.05) is 0 Å². The van der Waals surface area contributed by atoms with Crippen LogP contribution in [-0.4, -0.2) is 62.9 Å². The average molecular weight is 307 g/mol. The van der Waals surface area contributed by atoms with Crippen LogP contribution in [0.5, 0.6) is 0 Å². The summed E-state index contributed by atoms with van der Waals surface area (Å²) in [4.78, 5) is 24.3. The Morgan fingerprint density at radius 3 is 2.50 bits per heavy atom. The van der Waals surface area contributed by atoms with Crippen molar-refractivity contribution in [2.45, 2.75) is 19.8 Å². The van der Waals surface area contributed by atoms with E-state index >= 15 is 0 Å². The highest BCUT2D eigenvalue weighted by atomic mass is 32.2. The lowest BCUT2D eigenvalue weighted by Crippen LogP contribution is -2.41. The molecule has 2 amide bonds. The summed E-state index contributed by atoms with van der Waals surface area (Å²) in [6.45, 7) is 2.82. The maximum atomic E-state index is 11.8. The number of hydrogen-bond donors (Lipinski definition) is 3. The van der Waals surface area contributed by atoms with Crippen molar-refractivity contribution in [2.24, 2.45) is 5.41 Å². The molecule has 0 aromatic rings. The highest BCUT2D eigenvalue weighted by Crippen LogP contribution is 2.29. The molecule has 116 valence electrons. The van der Waals surface area contributed by atoms with Gasteiger partial charge < -0.3 is 15.3 Å². The topological polar surface area (TPSA) is 116 Å². The van der Waals surface area contributed by atoms with Gasteiger partial charge in [0.15, 0.2) is 0 Å². The summed E-state index contributed by atoms with van der Waals surface area (Å²) in [6.07, 6.45) is 1.98. The summed E-state index contributed by atoms with van der Waals surface area (Å²) in [6, 6.07) is -0.311. The molecule has 0 spiro atoms. The zero-order chi connectivity index (χ0) is 15.4. The zero-order valence-corrected chi connectivity index (χ0v) is 12.5. The number of urea groups is 1. The van der Waals surface area contributed by atoms with Gasteiger partial charge in [-0.3, -0.25) is 4.79 Å². The van der Waals surface area contributed by atoms with Crippen LogP contribution in [0.2, 0.25) is 0 Å². The summed E-state index contributed by atoms with van der Waals surface area (Å²) in [7, 11) is -3.20. The highest BCUT2D eigenvalue weighted by Gasteiger charge is 2.42. The van der Waals surface area contributed by atoms with Gasteiger partial charge >= 0.3 is 12.0 Å². The summed E-state index contributed by atoms with van der Waals surface area (Å²) in [5.74, 6) is -0.898. The average Bonchev–Trinajstić information content (AvgIpc) is 2.71. The first kappa shape index (κ1) is 16.7. The lowest BCUT2D eigenvalue weighted by atomic mass is 9.90. The molecule has 3 N–H and O–H groups in total. The van der Waals surface area contributed by atoms with Crippen molar-refractivity contribution in [3.05, 3.63) is 0 Å². The number of carbonyl (C=O) groups is 2. The van der Waals surface area contributed by atoms with Gasteiger partial charge in [-0.15, -0.1) is 0 Å². The molecule has 1 unspecified atom stereocenters. The quantitative estimate of drug-likeness (QED) is 0.568. The Hall–Kier alpha value is -1.35. The molecular weight excluding hydrogens is 286 g/mol. The number of hydrogen-bond acceptors (Lipinski definition) is 4. The Kier molecular flexibility index (Phi) is 5.35. The third-order valence-corrected chi connectivity index (χ3v) is 4.00. The molecule has 1 atom stereocenters. The molecule has 8 nitrogen and oxygen atoms in total. The second kappa shape index (κ2) is 6.40. The third kappa shape index (κ3) is 4.97. The number of nitrogens with one attached hydrogen (secondary N) is 2. The van der Waals surface area contributed by atoms with Crippen LogP contribution in [0, 0.1) is 5.41 Å². The van der Waals surface area contributed by atoms with Gasteiger partial charge in [-0.25, -0.2) is 17.9 Å². The minimum atomic E-state index is -3.20. The van der Waals surface area contributed by atoms with E-state index in [1.54, 1.807) is 6.92 Å². The van der Waals surface area contributed by atoms with Gasteiger partial charge in [-0.2, -0.15) is 0 Å². The van der Waals surface area contributed by atoms with Crippen LogP contribution in [-0.2, 0) is 14.8 Å². The smallest absolute Gasteiger partial charge is 0.317 e. The number of amides is 2. The fraction of sp³-hybridized carbons (Fsp3) is 0.818. The molecule has 1 aliphatic heterocycles. The molecule has 0 radical (unpaired) electrons. The summed E-state index contributed by atoms with van der Waals surface area (Å²) < 4.78 is 23.9. The first-order valence-electron chi connectivity index (χ1n) is 6.35. The minimum absolute atomic E-state index is 0.190. The molecule has 1 saturated heterocycles. The molecule has 1 fully saturated rings. The Morgan fingerprint density at radius 1 is 1.35 bits per heavy atom. The lowest BCUT2D eigenvalue weighted by molar-refractivity contribution is -0.147. The van der Waals surface area contributed by atoms with Crippen molar-refractivity contribution in [2.75, 3.05) is 32.4 Å². The number of carboxylic acids is 1. The number of carbonyl (C=O) groups excluding carboxylic acids is 1. The number of aliphatic carboxylic acids is 1. The number of sulfonamides is 1. The molecule has 0 aromatic heterocycles. The van der Waals surface area contributed by atoms with Crippen molar-refractivity contribution in [1.29, 1.82) is 0 Å². The number of likely N-dealkylation sites (tertiary alicyclic amines) is 1. The van der Waals surface area contributed by atoms with Gasteiger partial charge in [0.05, 0.1) is 11.7 Å². The largest absolute Gasteiger partial charge is 0.481 e. The molecule has 0 aromatic carbocycles. The second-order valence-electron chi connectivity index (χ2n) is 5.29. The van der Waals surface area contributed by atoms with Gasteiger partial charge in [-0.05, 0) is 19.8 Å². The fourth-order valence-electron chi connectivity index (χ4n) is 1.96. The fourth-order valence-corrected chi connectivity index (χ4v) is 2.48. The third-order valence-electron chi connectivity index (χ3n) is 3.27. The first-order valence-corrected chi connectivity index (χ1v) is 8.24. The van der Waals surface area contributed by atoms with Crippen LogP contribution in [0.15, 0.2) is 0 Å². The van der Waals surface area contributed by atoms with Crippen molar-refractivity contribution in [3.63, 3.8) is 0 Å². The Labute approximate surface area is 118 Å². The van der Waals surface area contributed by atoms with Gasteiger partial charge in [0.2, 0.25) is 10.0 Å². The van der Waals surface area contributed by atoms with Crippen LogP contribution < -0.4 is 10.0 Å². The minimum Gasteiger partial charge on any atom is -0.481 e. The zero-order valence-electron chi connectivity index (χ0n) is 11.7. The molecule has 0 aliphatic carbocycles.